The molecule has 0 radical (unpaired) electrons. The SMILES string of the molecule is CON(C)S(=O)(=O)c1cccc(C(=O)NC2CCCc3ccccc32)c1. The van der Waals surface area contributed by atoms with E-state index in [4.69, 9.17) is 4.84 Å². The Labute approximate surface area is 153 Å². The second-order valence-electron chi connectivity index (χ2n) is 6.24. The van der Waals surface area contributed by atoms with Gasteiger partial charge in [-0.2, -0.15) is 0 Å². The number of hydrogen-bond donors (Lipinski definition) is 1. The molecular formula is C19H22N2O4S. The number of benzene rings is 2. The Morgan fingerprint density at radius 2 is 1.96 bits per heavy atom. The van der Waals surface area contributed by atoms with Gasteiger partial charge in [-0.1, -0.05) is 34.8 Å². The molecule has 0 aliphatic heterocycles. The van der Waals surface area contributed by atoms with Crippen LogP contribution in [0.3, 0.4) is 0 Å². The number of rotatable bonds is 5. The third kappa shape index (κ3) is 3.65. The van der Waals surface area contributed by atoms with E-state index in [1.54, 1.807) is 12.1 Å². The molecule has 0 bridgehead atoms. The normalized spacial score (nSPS) is 17.0. The van der Waals surface area contributed by atoms with E-state index in [9.17, 15) is 13.2 Å². The highest BCUT2D eigenvalue weighted by Crippen LogP contribution is 2.29. The minimum absolute atomic E-state index is 0.0125. The highest BCUT2D eigenvalue weighted by molar-refractivity contribution is 7.89. The zero-order valence-electron chi connectivity index (χ0n) is 14.8. The van der Waals surface area contributed by atoms with Gasteiger partial charge >= 0.3 is 0 Å². The minimum atomic E-state index is -3.80. The maximum absolute atomic E-state index is 12.7. The molecule has 6 nitrogen and oxygen atoms in total. The number of hydrogen-bond acceptors (Lipinski definition) is 4. The minimum Gasteiger partial charge on any atom is -0.345 e. The summed E-state index contributed by atoms with van der Waals surface area (Å²) in [6, 6.07) is 14.0. The smallest absolute Gasteiger partial charge is 0.264 e. The zero-order chi connectivity index (χ0) is 18.7. The van der Waals surface area contributed by atoms with Crippen molar-refractivity contribution in [1.29, 1.82) is 0 Å². The fraction of sp³-hybridized carbons (Fsp3) is 0.316. The number of nitrogens with zero attached hydrogens (tertiary/aromatic N) is 1. The number of hydroxylamine groups is 1. The topological polar surface area (TPSA) is 75.7 Å². The summed E-state index contributed by atoms with van der Waals surface area (Å²) in [7, 11) is -1.22. The molecule has 0 saturated heterocycles. The summed E-state index contributed by atoms with van der Waals surface area (Å²) in [5.41, 5.74) is 2.69. The van der Waals surface area contributed by atoms with Crippen LogP contribution in [0.5, 0.6) is 0 Å². The molecule has 2 aromatic rings. The molecule has 138 valence electrons. The molecule has 1 aliphatic rings. The Balaban J connectivity index is 1.83. The first kappa shape index (κ1) is 18.6. The first-order chi connectivity index (χ1) is 12.4. The molecule has 0 aromatic heterocycles. The van der Waals surface area contributed by atoms with Crippen LogP contribution >= 0.6 is 0 Å². The lowest BCUT2D eigenvalue weighted by Gasteiger charge is -2.26. The van der Waals surface area contributed by atoms with Crippen molar-refractivity contribution in [3.05, 3.63) is 65.2 Å². The van der Waals surface area contributed by atoms with E-state index in [0.717, 1.165) is 29.3 Å². The van der Waals surface area contributed by atoms with E-state index in [1.165, 1.54) is 31.9 Å². The van der Waals surface area contributed by atoms with Gasteiger partial charge in [0.1, 0.15) is 0 Å². The maximum atomic E-state index is 12.7. The van der Waals surface area contributed by atoms with Crippen molar-refractivity contribution in [2.75, 3.05) is 14.2 Å². The second kappa shape index (κ2) is 7.57. The van der Waals surface area contributed by atoms with E-state index >= 15 is 0 Å². The van der Waals surface area contributed by atoms with Gasteiger partial charge in [0, 0.05) is 12.6 Å². The van der Waals surface area contributed by atoms with Gasteiger partial charge in [0.05, 0.1) is 18.0 Å². The summed E-state index contributed by atoms with van der Waals surface area (Å²) in [5.74, 6) is -0.288. The van der Waals surface area contributed by atoms with Crippen LogP contribution in [0.1, 0.15) is 40.4 Å². The van der Waals surface area contributed by atoms with Gasteiger partial charge in [-0.25, -0.2) is 8.42 Å². The van der Waals surface area contributed by atoms with E-state index < -0.39 is 10.0 Å². The van der Waals surface area contributed by atoms with Gasteiger partial charge in [0.15, 0.2) is 0 Å². The number of nitrogens with one attached hydrogen (secondary N) is 1. The lowest BCUT2D eigenvalue weighted by atomic mass is 9.87. The van der Waals surface area contributed by atoms with Crippen molar-refractivity contribution >= 4 is 15.9 Å². The van der Waals surface area contributed by atoms with Crippen molar-refractivity contribution < 1.29 is 18.0 Å². The van der Waals surface area contributed by atoms with Gasteiger partial charge in [-0.15, -0.1) is 0 Å². The van der Waals surface area contributed by atoms with E-state index in [1.807, 2.05) is 18.2 Å². The Morgan fingerprint density at radius 1 is 1.19 bits per heavy atom. The van der Waals surface area contributed by atoms with Crippen LogP contribution in [0, 0.1) is 0 Å². The molecule has 1 amide bonds. The Hall–Kier alpha value is -2.22. The average molecular weight is 374 g/mol. The summed E-state index contributed by atoms with van der Waals surface area (Å²) in [6.07, 6.45) is 2.89. The Bertz CT molecular complexity index is 911. The van der Waals surface area contributed by atoms with Gasteiger partial charge in [-0.05, 0) is 48.6 Å². The van der Waals surface area contributed by atoms with E-state index in [2.05, 4.69) is 11.4 Å². The quantitative estimate of drug-likeness (QED) is 0.817. The standard InChI is InChI=1S/C19H22N2O4S/c1-21(25-2)26(23,24)16-10-5-9-15(13-16)19(22)20-18-12-6-8-14-7-3-4-11-17(14)18/h3-5,7,9-11,13,18H,6,8,12H2,1-2H3,(H,20,22). The fourth-order valence-electron chi connectivity index (χ4n) is 3.19. The lowest BCUT2D eigenvalue weighted by molar-refractivity contribution is -0.0258. The van der Waals surface area contributed by atoms with Gasteiger partial charge < -0.3 is 5.32 Å². The average Bonchev–Trinajstić information content (AvgIpc) is 2.67. The molecule has 1 N–H and O–H groups in total. The highest BCUT2D eigenvalue weighted by atomic mass is 32.2. The summed E-state index contributed by atoms with van der Waals surface area (Å²) in [5, 5.41) is 3.03. The van der Waals surface area contributed by atoms with E-state index in [0.29, 0.717) is 5.56 Å². The van der Waals surface area contributed by atoms with Gasteiger partial charge in [0.2, 0.25) is 0 Å². The van der Waals surface area contributed by atoms with Crippen molar-refractivity contribution in [2.24, 2.45) is 0 Å². The molecule has 1 atom stereocenters. The molecule has 0 heterocycles. The fourth-order valence-corrected chi connectivity index (χ4v) is 4.21. The van der Waals surface area contributed by atoms with Crippen molar-refractivity contribution in [3.63, 3.8) is 0 Å². The van der Waals surface area contributed by atoms with Crippen LogP contribution in [0.2, 0.25) is 0 Å². The predicted molar refractivity (Wildman–Crippen MR) is 98.0 cm³/mol. The Morgan fingerprint density at radius 3 is 2.73 bits per heavy atom. The maximum Gasteiger partial charge on any atom is 0.264 e. The number of fused-ring (bicyclic) bond motifs is 1. The number of aryl methyl sites for hydroxylation is 1. The molecule has 7 heteroatoms. The van der Waals surface area contributed by atoms with Crippen LogP contribution in [0.4, 0.5) is 0 Å². The largest absolute Gasteiger partial charge is 0.345 e. The third-order valence-electron chi connectivity index (χ3n) is 4.66. The summed E-state index contributed by atoms with van der Waals surface area (Å²) in [6.45, 7) is 0. The van der Waals surface area contributed by atoms with Crippen LogP contribution < -0.4 is 5.32 Å². The first-order valence-electron chi connectivity index (χ1n) is 8.45. The molecule has 0 spiro atoms. The van der Waals surface area contributed by atoms with Crippen molar-refractivity contribution in [2.45, 2.75) is 30.2 Å². The van der Waals surface area contributed by atoms with Crippen LogP contribution in [-0.2, 0) is 21.3 Å². The molecule has 26 heavy (non-hydrogen) atoms. The molecule has 0 fully saturated rings. The van der Waals surface area contributed by atoms with Crippen LogP contribution in [0.15, 0.2) is 53.4 Å². The second-order valence-corrected chi connectivity index (χ2v) is 8.18. The van der Waals surface area contributed by atoms with Crippen molar-refractivity contribution in [1.82, 2.24) is 9.79 Å². The monoisotopic (exact) mass is 374 g/mol. The Kier molecular flexibility index (Phi) is 5.41. The van der Waals surface area contributed by atoms with Gasteiger partial charge in [0.25, 0.3) is 15.9 Å². The number of carbonyl (C=O) groups excluding carboxylic acids is 1. The van der Waals surface area contributed by atoms with E-state index in [-0.39, 0.29) is 16.8 Å². The summed E-state index contributed by atoms with van der Waals surface area (Å²) >= 11 is 0. The zero-order valence-corrected chi connectivity index (χ0v) is 15.6. The molecule has 1 aliphatic carbocycles. The van der Waals surface area contributed by atoms with Gasteiger partial charge in [-0.3, -0.25) is 9.63 Å². The number of amides is 1. The van der Waals surface area contributed by atoms with Crippen LogP contribution in [0.25, 0.3) is 0 Å². The van der Waals surface area contributed by atoms with Crippen molar-refractivity contribution in [3.8, 4) is 0 Å². The molecule has 2 aromatic carbocycles. The summed E-state index contributed by atoms with van der Waals surface area (Å²) in [4.78, 5) is 17.5. The lowest BCUT2D eigenvalue weighted by Crippen LogP contribution is -2.31. The number of sulfonamides is 1. The highest BCUT2D eigenvalue weighted by Gasteiger charge is 2.24. The molecule has 3 rings (SSSR count). The first-order valence-corrected chi connectivity index (χ1v) is 9.89. The summed E-state index contributed by atoms with van der Waals surface area (Å²) < 4.78 is 25.5. The molecule has 0 saturated carbocycles. The number of carbonyl (C=O) groups is 1. The van der Waals surface area contributed by atoms with Crippen LogP contribution in [-0.4, -0.2) is 33.0 Å². The molecular weight excluding hydrogens is 352 g/mol. The predicted octanol–water partition coefficient (Wildman–Crippen LogP) is 2.68. The molecule has 1 unspecified atom stereocenters. The third-order valence-corrected chi connectivity index (χ3v) is 6.34.